The summed E-state index contributed by atoms with van der Waals surface area (Å²) in [7, 11) is 0. The molecule has 0 bridgehead atoms. The predicted molar refractivity (Wildman–Crippen MR) is 72.3 cm³/mol. The zero-order valence-corrected chi connectivity index (χ0v) is 11.0. The Morgan fingerprint density at radius 1 is 1.22 bits per heavy atom. The van der Waals surface area contributed by atoms with Crippen molar-refractivity contribution in [2.75, 3.05) is 13.1 Å². The average Bonchev–Trinajstić information content (AvgIpc) is 3.15. The van der Waals surface area contributed by atoms with E-state index < -0.39 is 0 Å². The molecule has 96 valence electrons. The highest BCUT2D eigenvalue weighted by Gasteiger charge is 2.39. The highest BCUT2D eigenvalue weighted by atomic mass is 16.1. The number of carbonyl (C=O) groups is 1. The molecule has 2 atom stereocenters. The number of hydrogen-bond donors (Lipinski definition) is 0. The first-order valence-corrected chi connectivity index (χ1v) is 7.08. The number of Topliss-reactive ketones (excluding diaryl/α,β-unsaturated/α-hetero) is 1. The van der Waals surface area contributed by atoms with Crippen molar-refractivity contribution in [1.82, 2.24) is 4.90 Å². The molecule has 0 radical (unpaired) electrons. The molecule has 1 aromatic carbocycles. The van der Waals surface area contributed by atoms with Crippen molar-refractivity contribution in [3.05, 3.63) is 35.9 Å². The van der Waals surface area contributed by atoms with Crippen LogP contribution in [0, 0.1) is 11.8 Å². The van der Waals surface area contributed by atoms with Crippen LogP contribution in [0.5, 0.6) is 0 Å². The lowest BCUT2D eigenvalue weighted by molar-refractivity contribution is -0.125. The molecule has 2 fully saturated rings. The van der Waals surface area contributed by atoms with Crippen molar-refractivity contribution in [3.63, 3.8) is 0 Å². The third kappa shape index (κ3) is 2.35. The van der Waals surface area contributed by atoms with E-state index in [9.17, 15) is 4.79 Å². The molecule has 2 nitrogen and oxygen atoms in total. The molecule has 0 amide bonds. The topological polar surface area (TPSA) is 20.3 Å². The number of hydrogen-bond acceptors (Lipinski definition) is 2. The van der Waals surface area contributed by atoms with E-state index in [1.54, 1.807) is 0 Å². The van der Waals surface area contributed by atoms with Gasteiger partial charge in [-0.15, -0.1) is 0 Å². The normalized spacial score (nSPS) is 26.2. The van der Waals surface area contributed by atoms with Gasteiger partial charge in [-0.1, -0.05) is 37.3 Å². The van der Waals surface area contributed by atoms with Crippen molar-refractivity contribution in [1.29, 1.82) is 0 Å². The van der Waals surface area contributed by atoms with E-state index in [-0.39, 0.29) is 6.04 Å². The molecule has 0 spiro atoms. The Bertz CT molecular complexity index is 424. The highest BCUT2D eigenvalue weighted by molar-refractivity contribution is 5.89. The molecule has 2 aliphatic rings. The van der Waals surface area contributed by atoms with Crippen molar-refractivity contribution in [2.24, 2.45) is 11.8 Å². The summed E-state index contributed by atoms with van der Waals surface area (Å²) in [6.45, 7) is 4.42. The number of ketones is 1. The summed E-state index contributed by atoms with van der Waals surface area (Å²) < 4.78 is 0. The predicted octanol–water partition coefficient (Wildman–Crippen LogP) is 3.05. The third-order valence-corrected chi connectivity index (χ3v) is 4.18. The van der Waals surface area contributed by atoms with Crippen LogP contribution in [0.25, 0.3) is 0 Å². The Balaban J connectivity index is 1.86. The smallest absolute Gasteiger partial charge is 0.157 e. The molecular weight excluding hydrogens is 222 g/mol. The molecule has 0 N–H and O–H groups in total. The van der Waals surface area contributed by atoms with Crippen LogP contribution < -0.4 is 0 Å². The van der Waals surface area contributed by atoms with Crippen LogP contribution in [0.15, 0.2) is 30.3 Å². The van der Waals surface area contributed by atoms with Crippen molar-refractivity contribution >= 4 is 5.78 Å². The van der Waals surface area contributed by atoms with Gasteiger partial charge in [-0.25, -0.2) is 0 Å². The third-order valence-electron chi connectivity index (χ3n) is 4.18. The van der Waals surface area contributed by atoms with Gasteiger partial charge in [0.1, 0.15) is 0 Å². The van der Waals surface area contributed by atoms with E-state index in [1.807, 2.05) is 18.2 Å². The number of likely N-dealkylation sites (tertiary alicyclic amines) is 1. The summed E-state index contributed by atoms with van der Waals surface area (Å²) in [5.74, 6) is 1.52. The quantitative estimate of drug-likeness (QED) is 0.810. The molecule has 2 heteroatoms. The maximum Gasteiger partial charge on any atom is 0.157 e. The van der Waals surface area contributed by atoms with Gasteiger partial charge in [0.15, 0.2) is 5.78 Å². The second-order valence-corrected chi connectivity index (χ2v) is 5.88. The number of carbonyl (C=O) groups excluding carboxylic acids is 1. The first-order chi connectivity index (χ1) is 8.75. The van der Waals surface area contributed by atoms with Gasteiger partial charge >= 0.3 is 0 Å². The van der Waals surface area contributed by atoms with Crippen LogP contribution in [0.4, 0.5) is 0 Å². The lowest BCUT2D eigenvalue weighted by Crippen LogP contribution is -2.33. The first-order valence-electron chi connectivity index (χ1n) is 7.08. The van der Waals surface area contributed by atoms with E-state index >= 15 is 0 Å². The zero-order chi connectivity index (χ0) is 12.5. The maximum atomic E-state index is 12.6. The van der Waals surface area contributed by atoms with Crippen LogP contribution in [-0.2, 0) is 4.79 Å². The number of nitrogens with zero attached hydrogens (tertiary/aromatic N) is 1. The summed E-state index contributed by atoms with van der Waals surface area (Å²) in [4.78, 5) is 14.9. The van der Waals surface area contributed by atoms with Gasteiger partial charge < -0.3 is 0 Å². The summed E-state index contributed by atoms with van der Waals surface area (Å²) in [5.41, 5.74) is 1.18. The standard InChI is InChI=1S/C16H21NO/c1-12-9-10-17(11-12)15(16(18)14-7-8-14)13-5-3-2-4-6-13/h2-6,12,14-15H,7-11H2,1H3/t12-,15-/m0/s1. The SMILES string of the molecule is C[C@H]1CCN([C@H](C(=O)C2CC2)c2ccccc2)C1. The summed E-state index contributed by atoms with van der Waals surface area (Å²) >= 11 is 0. The molecular formula is C16H21NO. The van der Waals surface area contributed by atoms with E-state index in [1.165, 1.54) is 12.0 Å². The van der Waals surface area contributed by atoms with Crippen molar-refractivity contribution in [3.8, 4) is 0 Å². The minimum absolute atomic E-state index is 0.0173. The molecule has 1 heterocycles. The van der Waals surface area contributed by atoms with Gasteiger partial charge in [-0.05, 0) is 37.3 Å². The van der Waals surface area contributed by atoms with Gasteiger partial charge in [-0.3, -0.25) is 9.69 Å². The van der Waals surface area contributed by atoms with Gasteiger partial charge in [0.2, 0.25) is 0 Å². The molecule has 1 aliphatic heterocycles. The molecule has 1 aliphatic carbocycles. The molecule has 3 rings (SSSR count). The first kappa shape index (κ1) is 11.9. The summed E-state index contributed by atoms with van der Waals surface area (Å²) in [6, 6.07) is 10.3. The Hall–Kier alpha value is -1.15. The monoisotopic (exact) mass is 243 g/mol. The largest absolute Gasteiger partial charge is 0.297 e. The molecule has 0 unspecified atom stereocenters. The number of benzene rings is 1. The van der Waals surface area contributed by atoms with E-state index in [0.717, 1.165) is 31.8 Å². The van der Waals surface area contributed by atoms with Crippen LogP contribution in [-0.4, -0.2) is 23.8 Å². The van der Waals surface area contributed by atoms with Gasteiger partial charge in [0.05, 0.1) is 6.04 Å². The minimum Gasteiger partial charge on any atom is -0.297 e. The fourth-order valence-electron chi connectivity index (χ4n) is 2.99. The van der Waals surface area contributed by atoms with Gasteiger partial charge in [0, 0.05) is 12.5 Å². The molecule has 1 aromatic rings. The zero-order valence-electron chi connectivity index (χ0n) is 11.0. The second-order valence-electron chi connectivity index (χ2n) is 5.88. The summed E-state index contributed by atoms with van der Waals surface area (Å²) in [6.07, 6.45) is 3.43. The van der Waals surface area contributed by atoms with Crippen LogP contribution in [0.2, 0.25) is 0 Å². The fourth-order valence-corrected chi connectivity index (χ4v) is 2.99. The van der Waals surface area contributed by atoms with Crippen LogP contribution in [0.3, 0.4) is 0 Å². The van der Waals surface area contributed by atoms with Crippen molar-refractivity contribution < 1.29 is 4.79 Å². The molecule has 0 aromatic heterocycles. The Morgan fingerprint density at radius 2 is 1.94 bits per heavy atom. The molecule has 18 heavy (non-hydrogen) atoms. The second kappa shape index (κ2) is 4.85. The van der Waals surface area contributed by atoms with Crippen LogP contribution in [0.1, 0.15) is 37.8 Å². The summed E-state index contributed by atoms with van der Waals surface area (Å²) in [5, 5.41) is 0. The minimum atomic E-state index is 0.0173. The van der Waals surface area contributed by atoms with Crippen LogP contribution >= 0.6 is 0 Å². The number of rotatable bonds is 4. The Labute approximate surface area is 109 Å². The highest BCUT2D eigenvalue weighted by Crippen LogP contribution is 2.38. The van der Waals surface area contributed by atoms with E-state index in [4.69, 9.17) is 0 Å². The van der Waals surface area contributed by atoms with E-state index in [2.05, 4.69) is 24.0 Å². The maximum absolute atomic E-state index is 12.6. The van der Waals surface area contributed by atoms with E-state index in [0.29, 0.717) is 11.7 Å². The lowest BCUT2D eigenvalue weighted by atomic mass is 9.98. The van der Waals surface area contributed by atoms with Crippen molar-refractivity contribution in [2.45, 2.75) is 32.2 Å². The fraction of sp³-hybridized carbons (Fsp3) is 0.562. The Kier molecular flexibility index (Phi) is 3.21. The molecule has 1 saturated carbocycles. The lowest BCUT2D eigenvalue weighted by Gasteiger charge is -2.27. The van der Waals surface area contributed by atoms with Gasteiger partial charge in [0.25, 0.3) is 0 Å². The Morgan fingerprint density at radius 3 is 2.50 bits per heavy atom. The molecule has 1 saturated heterocycles. The van der Waals surface area contributed by atoms with Gasteiger partial charge in [-0.2, -0.15) is 0 Å². The average molecular weight is 243 g/mol.